The van der Waals surface area contributed by atoms with Gasteiger partial charge in [0, 0.05) is 55.6 Å². The van der Waals surface area contributed by atoms with Crippen molar-refractivity contribution < 1.29 is 42.1 Å². The lowest BCUT2D eigenvalue weighted by Crippen LogP contribution is -2.25. The van der Waals surface area contributed by atoms with Gasteiger partial charge in [0.15, 0.2) is 33.9 Å². The molecule has 1 aliphatic carbocycles. The smallest absolute Gasteiger partial charge is 0.264 e. The Bertz CT molecular complexity index is 2280. The van der Waals surface area contributed by atoms with Crippen molar-refractivity contribution in [3.05, 3.63) is 49.3 Å². The fraction of sp³-hybridized carbons (Fsp3) is 0.290. The number of benzene rings is 5. The maximum Gasteiger partial charge on any atom is 0.264 e. The number of nitrogens with one attached hydrogen (secondary N) is 1. The first-order chi connectivity index (χ1) is 20.9. The maximum absolute atomic E-state index is 13.6. The van der Waals surface area contributed by atoms with Crippen molar-refractivity contribution in [2.45, 2.75) is 19.4 Å². The Hall–Kier alpha value is -4.59. The lowest BCUT2D eigenvalue weighted by molar-refractivity contribution is 0.368. The molecule has 6 rings (SSSR count). The first-order valence-corrected chi connectivity index (χ1v) is 15.2. The SMILES string of the molecule is COc1c(O)c2c(=O)cc(OC)c3c4c(OC)cc(=O)c5c(O)c(OC)c6c(c(c1C=C(C)C6NCCCS(=O)(=O)O)c23)c54. The second-order valence-electron chi connectivity index (χ2n) is 10.7. The van der Waals surface area contributed by atoms with Crippen LogP contribution in [0.3, 0.4) is 0 Å². The summed E-state index contributed by atoms with van der Waals surface area (Å²) in [5.41, 5.74) is 0.377. The van der Waals surface area contributed by atoms with E-state index < -0.39 is 38.5 Å². The third-order valence-electron chi connectivity index (χ3n) is 8.33. The highest BCUT2D eigenvalue weighted by molar-refractivity contribution is 7.85. The zero-order valence-corrected chi connectivity index (χ0v) is 25.3. The Kier molecular flexibility index (Phi) is 6.87. The van der Waals surface area contributed by atoms with Crippen LogP contribution in [0.1, 0.15) is 30.5 Å². The van der Waals surface area contributed by atoms with E-state index in [1.807, 2.05) is 0 Å². The van der Waals surface area contributed by atoms with Gasteiger partial charge in [0.05, 0.1) is 51.0 Å². The summed E-state index contributed by atoms with van der Waals surface area (Å²) in [5.74, 6) is -0.951. The predicted molar refractivity (Wildman–Crippen MR) is 166 cm³/mol. The van der Waals surface area contributed by atoms with Gasteiger partial charge >= 0.3 is 0 Å². The Morgan fingerprint density at radius 2 is 1.27 bits per heavy atom. The topological polar surface area (TPSA) is 178 Å². The zero-order chi connectivity index (χ0) is 31.8. The molecule has 0 fully saturated rings. The molecule has 0 bridgehead atoms. The minimum Gasteiger partial charge on any atom is -0.504 e. The van der Waals surface area contributed by atoms with Gasteiger partial charge < -0.3 is 34.5 Å². The van der Waals surface area contributed by atoms with Gasteiger partial charge in [-0.3, -0.25) is 14.1 Å². The predicted octanol–water partition coefficient (Wildman–Crippen LogP) is 3.67. The van der Waals surface area contributed by atoms with Crippen molar-refractivity contribution in [3.8, 4) is 34.5 Å². The minimum absolute atomic E-state index is 0.0116. The molecular formula is C31H29NO11S. The van der Waals surface area contributed by atoms with Crippen molar-refractivity contribution >= 4 is 59.3 Å². The van der Waals surface area contributed by atoms with E-state index in [-0.39, 0.29) is 52.5 Å². The van der Waals surface area contributed by atoms with Crippen LogP contribution in [0.5, 0.6) is 34.5 Å². The summed E-state index contributed by atoms with van der Waals surface area (Å²) in [6.45, 7) is 1.91. The van der Waals surface area contributed by atoms with E-state index in [0.29, 0.717) is 49.0 Å². The van der Waals surface area contributed by atoms with E-state index in [9.17, 15) is 32.8 Å². The normalized spacial score (nSPS) is 15.0. The molecule has 0 aliphatic heterocycles. The standard InChI is InChI=1S/C31H29NO11S/c1-12-9-13-18-23-19(28(35)30(13)42-4)14(33)10-16(40-2)21(23)22-17(41-3)11-15(34)20-25(22)24(18)26(31(43-5)29(20)36)27(12)32-7-6-8-44(37,38)39/h9-11,27,32,35-36H,6-8H2,1-5H3,(H,37,38,39). The molecular weight excluding hydrogens is 594 g/mol. The van der Waals surface area contributed by atoms with E-state index in [0.717, 1.165) is 0 Å². The lowest BCUT2D eigenvalue weighted by atomic mass is 9.83. The molecule has 0 radical (unpaired) electrons. The highest BCUT2D eigenvalue weighted by Gasteiger charge is 2.36. The second-order valence-corrected chi connectivity index (χ2v) is 12.2. The van der Waals surface area contributed by atoms with Crippen molar-refractivity contribution in [2.75, 3.05) is 40.7 Å². The second kappa shape index (κ2) is 10.3. The quantitative estimate of drug-likeness (QED) is 0.0812. The first-order valence-electron chi connectivity index (χ1n) is 13.6. The molecule has 0 saturated heterocycles. The largest absolute Gasteiger partial charge is 0.504 e. The number of rotatable bonds is 9. The maximum atomic E-state index is 13.6. The molecule has 1 atom stereocenters. The molecule has 0 aromatic heterocycles. The Labute approximate surface area is 250 Å². The monoisotopic (exact) mass is 623 g/mol. The summed E-state index contributed by atoms with van der Waals surface area (Å²) in [6, 6.07) is 1.74. The fourth-order valence-corrected chi connectivity index (χ4v) is 7.19. The summed E-state index contributed by atoms with van der Waals surface area (Å²) < 4.78 is 54.9. The zero-order valence-electron chi connectivity index (χ0n) is 24.4. The number of hydrogen-bond acceptors (Lipinski definition) is 11. The number of methoxy groups -OCH3 is 4. The molecule has 0 spiro atoms. The minimum atomic E-state index is -4.21. The molecule has 1 aliphatic rings. The molecule has 1 unspecified atom stereocenters. The fourth-order valence-electron chi connectivity index (χ4n) is 6.69. The van der Waals surface area contributed by atoms with Crippen LogP contribution in [0, 0.1) is 0 Å². The van der Waals surface area contributed by atoms with Crippen LogP contribution in [-0.4, -0.2) is 63.9 Å². The van der Waals surface area contributed by atoms with Gasteiger partial charge in [-0.1, -0.05) is 5.57 Å². The van der Waals surface area contributed by atoms with Crippen molar-refractivity contribution in [1.82, 2.24) is 5.32 Å². The van der Waals surface area contributed by atoms with Crippen LogP contribution in [0.25, 0.3) is 49.2 Å². The summed E-state index contributed by atoms with van der Waals surface area (Å²) in [4.78, 5) is 27.2. The number of fused-ring (bicyclic) bond motifs is 1. The van der Waals surface area contributed by atoms with Crippen molar-refractivity contribution in [2.24, 2.45) is 0 Å². The molecule has 44 heavy (non-hydrogen) atoms. The van der Waals surface area contributed by atoms with Gasteiger partial charge in [-0.15, -0.1) is 0 Å². The summed E-state index contributed by atoms with van der Waals surface area (Å²) in [7, 11) is 1.29. The lowest BCUT2D eigenvalue weighted by Gasteiger charge is -2.26. The Balaban J connectivity index is 1.95. The van der Waals surface area contributed by atoms with E-state index in [1.54, 1.807) is 13.0 Å². The van der Waals surface area contributed by atoms with E-state index in [4.69, 9.17) is 18.9 Å². The van der Waals surface area contributed by atoms with Crippen LogP contribution < -0.4 is 35.1 Å². The molecule has 4 N–H and O–H groups in total. The number of hydrogen-bond donors (Lipinski definition) is 4. The highest BCUT2D eigenvalue weighted by atomic mass is 32.2. The van der Waals surface area contributed by atoms with Crippen molar-refractivity contribution in [3.63, 3.8) is 0 Å². The number of phenols is 2. The number of aromatic hydroxyl groups is 2. The van der Waals surface area contributed by atoms with Crippen LogP contribution in [0.4, 0.5) is 0 Å². The van der Waals surface area contributed by atoms with Gasteiger partial charge in [-0.2, -0.15) is 8.42 Å². The van der Waals surface area contributed by atoms with Crippen LogP contribution in [-0.2, 0) is 10.1 Å². The van der Waals surface area contributed by atoms with E-state index in [1.165, 1.54) is 40.6 Å². The highest BCUT2D eigenvalue weighted by Crippen LogP contribution is 2.58. The van der Waals surface area contributed by atoms with E-state index in [2.05, 4.69) is 5.32 Å². The molecule has 0 heterocycles. The number of ether oxygens (including phenoxy) is 4. The molecule has 13 heteroatoms. The first kappa shape index (κ1) is 29.5. The van der Waals surface area contributed by atoms with E-state index >= 15 is 0 Å². The van der Waals surface area contributed by atoms with Gasteiger partial charge in [0.1, 0.15) is 11.5 Å². The number of phenolic OH excluding ortho intramolecular Hbond substituents is 2. The van der Waals surface area contributed by atoms with Gasteiger partial charge in [-0.25, -0.2) is 0 Å². The Morgan fingerprint density at radius 3 is 1.77 bits per heavy atom. The summed E-state index contributed by atoms with van der Waals surface area (Å²) in [6.07, 6.45) is 1.82. The molecule has 0 amide bonds. The molecule has 0 saturated carbocycles. The summed E-state index contributed by atoms with van der Waals surface area (Å²) in [5, 5.41) is 28.7. The molecule has 230 valence electrons. The molecule has 12 nitrogen and oxygen atoms in total. The molecule has 5 aromatic rings. The third kappa shape index (κ3) is 4.00. The van der Waals surface area contributed by atoms with Crippen LogP contribution in [0.2, 0.25) is 0 Å². The van der Waals surface area contributed by atoms with Crippen molar-refractivity contribution in [1.29, 1.82) is 0 Å². The van der Waals surface area contributed by atoms with Gasteiger partial charge in [-0.05, 0) is 26.0 Å². The molecule has 5 aromatic carbocycles. The van der Waals surface area contributed by atoms with Gasteiger partial charge in [0.25, 0.3) is 10.1 Å². The summed E-state index contributed by atoms with van der Waals surface area (Å²) >= 11 is 0. The average Bonchev–Trinajstić information content (AvgIpc) is 3.09. The third-order valence-corrected chi connectivity index (χ3v) is 9.14. The van der Waals surface area contributed by atoms with Crippen LogP contribution >= 0.6 is 0 Å². The Morgan fingerprint density at radius 1 is 0.750 bits per heavy atom. The van der Waals surface area contributed by atoms with Gasteiger partial charge in [0.2, 0.25) is 0 Å². The average molecular weight is 624 g/mol. The van der Waals surface area contributed by atoms with Crippen LogP contribution in [0.15, 0.2) is 27.3 Å².